The number of benzene rings is 1. The average Bonchev–Trinajstić information content (AvgIpc) is 3.26. The maximum absolute atomic E-state index is 14.4. The van der Waals surface area contributed by atoms with Crippen LogP contribution in [0.2, 0.25) is 0 Å². The van der Waals surface area contributed by atoms with Crippen molar-refractivity contribution < 1.29 is 9.18 Å². The highest BCUT2D eigenvalue weighted by atomic mass is 19.1. The highest BCUT2D eigenvalue weighted by molar-refractivity contribution is 5.96. The number of halogens is 1. The Balaban J connectivity index is 1.67. The first-order valence-corrected chi connectivity index (χ1v) is 9.08. The number of nitrogens with zero attached hydrogens (tertiary/aromatic N) is 3. The summed E-state index contributed by atoms with van der Waals surface area (Å²) in [5, 5.41) is 4.08. The van der Waals surface area contributed by atoms with Crippen molar-refractivity contribution in [1.82, 2.24) is 14.7 Å². The summed E-state index contributed by atoms with van der Waals surface area (Å²) in [5.41, 5.74) is 3.32. The molecule has 5 heteroatoms. The van der Waals surface area contributed by atoms with Gasteiger partial charge in [-0.2, -0.15) is 9.49 Å². The normalized spacial score (nSPS) is 20.4. The summed E-state index contributed by atoms with van der Waals surface area (Å²) < 4.78 is 15.6. The SMILES string of the molecule is Cc1nn(C)c(F)c1C(=O)N(C1CC1)C(C)C1CCc2ccccc21. The van der Waals surface area contributed by atoms with E-state index in [4.69, 9.17) is 0 Å². The molecule has 2 aliphatic carbocycles. The van der Waals surface area contributed by atoms with Gasteiger partial charge in [0.15, 0.2) is 0 Å². The number of aromatic nitrogens is 2. The summed E-state index contributed by atoms with van der Waals surface area (Å²) in [6, 6.07) is 8.78. The average molecular weight is 341 g/mol. The zero-order chi connectivity index (χ0) is 17.7. The Kier molecular flexibility index (Phi) is 3.89. The highest BCUT2D eigenvalue weighted by Gasteiger charge is 2.42. The van der Waals surface area contributed by atoms with Crippen LogP contribution in [-0.4, -0.2) is 32.7 Å². The van der Waals surface area contributed by atoms with Crippen molar-refractivity contribution in [2.45, 2.75) is 57.5 Å². The summed E-state index contributed by atoms with van der Waals surface area (Å²) >= 11 is 0. The number of fused-ring (bicyclic) bond motifs is 1. The summed E-state index contributed by atoms with van der Waals surface area (Å²) in [7, 11) is 1.54. The molecule has 0 N–H and O–H groups in total. The van der Waals surface area contributed by atoms with E-state index in [2.05, 4.69) is 36.3 Å². The lowest BCUT2D eigenvalue weighted by molar-refractivity contribution is 0.0641. The molecule has 25 heavy (non-hydrogen) atoms. The van der Waals surface area contributed by atoms with Crippen LogP contribution in [-0.2, 0) is 13.5 Å². The molecule has 4 rings (SSSR count). The standard InChI is InChI=1S/C20H24FN3O/c1-12-18(19(21)23(3)22-12)20(25)24(15-9-10-15)13(2)16-11-8-14-6-4-5-7-17(14)16/h4-7,13,15-16H,8-11H2,1-3H3. The predicted octanol–water partition coefficient (Wildman–Crippen LogP) is 3.59. The monoisotopic (exact) mass is 341 g/mol. The van der Waals surface area contributed by atoms with Gasteiger partial charge in [0.1, 0.15) is 5.56 Å². The Morgan fingerprint density at radius 3 is 2.68 bits per heavy atom. The van der Waals surface area contributed by atoms with Crippen LogP contribution in [0.1, 0.15) is 59.3 Å². The third kappa shape index (κ3) is 2.66. The van der Waals surface area contributed by atoms with Crippen LogP contribution in [0.3, 0.4) is 0 Å². The number of rotatable bonds is 4. The van der Waals surface area contributed by atoms with Gasteiger partial charge in [0.05, 0.1) is 5.69 Å². The van der Waals surface area contributed by atoms with Crippen LogP contribution in [0.5, 0.6) is 0 Å². The highest BCUT2D eigenvalue weighted by Crippen LogP contribution is 2.41. The van der Waals surface area contributed by atoms with Gasteiger partial charge < -0.3 is 4.90 Å². The molecule has 2 atom stereocenters. The van der Waals surface area contributed by atoms with Crippen LogP contribution in [0, 0.1) is 12.9 Å². The second-order valence-corrected chi connectivity index (χ2v) is 7.40. The number of hydrogen-bond acceptors (Lipinski definition) is 2. The van der Waals surface area contributed by atoms with Gasteiger partial charge in [-0.15, -0.1) is 0 Å². The lowest BCUT2D eigenvalue weighted by atomic mass is 9.92. The van der Waals surface area contributed by atoms with Crippen molar-refractivity contribution in [3.8, 4) is 0 Å². The molecular weight excluding hydrogens is 317 g/mol. The van der Waals surface area contributed by atoms with Crippen molar-refractivity contribution in [1.29, 1.82) is 0 Å². The second kappa shape index (κ2) is 5.97. The van der Waals surface area contributed by atoms with Gasteiger partial charge in [-0.25, -0.2) is 4.68 Å². The maximum atomic E-state index is 14.4. The van der Waals surface area contributed by atoms with Gasteiger partial charge in [-0.1, -0.05) is 24.3 Å². The van der Waals surface area contributed by atoms with Gasteiger partial charge in [-0.3, -0.25) is 4.79 Å². The van der Waals surface area contributed by atoms with Gasteiger partial charge in [0.2, 0.25) is 5.95 Å². The van der Waals surface area contributed by atoms with Crippen molar-refractivity contribution >= 4 is 5.91 Å². The number of aryl methyl sites for hydroxylation is 3. The molecule has 1 aromatic heterocycles. The van der Waals surface area contributed by atoms with Gasteiger partial charge >= 0.3 is 0 Å². The number of hydrogen-bond donors (Lipinski definition) is 0. The van der Waals surface area contributed by atoms with E-state index >= 15 is 0 Å². The Morgan fingerprint density at radius 1 is 1.32 bits per heavy atom. The largest absolute Gasteiger partial charge is 0.332 e. The molecule has 0 saturated heterocycles. The van der Waals surface area contributed by atoms with Gasteiger partial charge in [-0.05, 0) is 50.7 Å². The Labute approximate surface area is 147 Å². The predicted molar refractivity (Wildman–Crippen MR) is 94.1 cm³/mol. The summed E-state index contributed by atoms with van der Waals surface area (Å²) in [6.07, 6.45) is 4.11. The molecule has 2 aliphatic rings. The molecule has 1 saturated carbocycles. The fraction of sp³-hybridized carbons (Fsp3) is 0.500. The molecule has 0 radical (unpaired) electrons. The zero-order valence-electron chi connectivity index (χ0n) is 15.0. The lowest BCUT2D eigenvalue weighted by Crippen LogP contribution is -2.43. The second-order valence-electron chi connectivity index (χ2n) is 7.40. The molecule has 4 nitrogen and oxygen atoms in total. The fourth-order valence-electron chi connectivity index (χ4n) is 4.32. The molecule has 1 fully saturated rings. The van der Waals surface area contributed by atoms with Gasteiger partial charge in [0.25, 0.3) is 5.91 Å². The molecule has 0 spiro atoms. The van der Waals surface area contributed by atoms with Crippen LogP contribution >= 0.6 is 0 Å². The first kappa shape index (κ1) is 16.3. The van der Waals surface area contributed by atoms with E-state index in [9.17, 15) is 9.18 Å². The fourth-order valence-corrected chi connectivity index (χ4v) is 4.32. The quantitative estimate of drug-likeness (QED) is 0.852. The van der Waals surface area contributed by atoms with E-state index < -0.39 is 5.95 Å². The minimum absolute atomic E-state index is 0.0580. The molecule has 0 aliphatic heterocycles. The van der Waals surface area contributed by atoms with Gasteiger partial charge in [0, 0.05) is 25.0 Å². The molecule has 1 heterocycles. The third-order valence-corrected chi connectivity index (χ3v) is 5.74. The molecule has 2 aromatic rings. The van der Waals surface area contributed by atoms with Crippen molar-refractivity contribution in [3.63, 3.8) is 0 Å². The van der Waals surface area contributed by atoms with Crippen LogP contribution in [0.4, 0.5) is 4.39 Å². The minimum atomic E-state index is -0.535. The molecule has 1 amide bonds. The summed E-state index contributed by atoms with van der Waals surface area (Å²) in [6.45, 7) is 3.82. The number of amides is 1. The smallest absolute Gasteiger partial charge is 0.260 e. The summed E-state index contributed by atoms with van der Waals surface area (Å²) in [4.78, 5) is 15.2. The van der Waals surface area contributed by atoms with E-state index in [0.29, 0.717) is 11.6 Å². The van der Waals surface area contributed by atoms with Crippen molar-refractivity contribution in [3.05, 3.63) is 52.6 Å². The van der Waals surface area contributed by atoms with Crippen LogP contribution in [0.15, 0.2) is 24.3 Å². The van der Waals surface area contributed by atoms with E-state index in [0.717, 1.165) is 30.4 Å². The number of carbonyl (C=O) groups excluding carboxylic acids is 1. The minimum Gasteiger partial charge on any atom is -0.332 e. The first-order chi connectivity index (χ1) is 12.0. The summed E-state index contributed by atoms with van der Waals surface area (Å²) in [5.74, 6) is -0.421. The molecule has 2 unspecified atom stereocenters. The van der Waals surface area contributed by atoms with Crippen LogP contribution in [0.25, 0.3) is 0 Å². The molecule has 1 aromatic carbocycles. The lowest BCUT2D eigenvalue weighted by Gasteiger charge is -2.34. The third-order valence-electron chi connectivity index (χ3n) is 5.74. The topological polar surface area (TPSA) is 38.1 Å². The first-order valence-electron chi connectivity index (χ1n) is 9.08. The van der Waals surface area contributed by atoms with Crippen molar-refractivity contribution in [2.75, 3.05) is 0 Å². The van der Waals surface area contributed by atoms with E-state index in [1.807, 2.05) is 4.90 Å². The van der Waals surface area contributed by atoms with E-state index in [1.165, 1.54) is 18.2 Å². The maximum Gasteiger partial charge on any atom is 0.260 e. The Morgan fingerprint density at radius 2 is 2.04 bits per heavy atom. The molecule has 132 valence electrons. The molecular formula is C20H24FN3O. The van der Waals surface area contributed by atoms with Crippen molar-refractivity contribution in [2.24, 2.45) is 7.05 Å². The number of carbonyl (C=O) groups is 1. The Hall–Kier alpha value is -2.17. The van der Waals surface area contributed by atoms with E-state index in [-0.39, 0.29) is 23.6 Å². The molecule has 0 bridgehead atoms. The Bertz CT molecular complexity index is 824. The van der Waals surface area contributed by atoms with E-state index in [1.54, 1.807) is 6.92 Å². The van der Waals surface area contributed by atoms with Crippen LogP contribution < -0.4 is 0 Å². The zero-order valence-corrected chi connectivity index (χ0v) is 15.0.